The van der Waals surface area contributed by atoms with Crippen LogP contribution in [0.1, 0.15) is 142 Å². The lowest BCUT2D eigenvalue weighted by Crippen LogP contribution is -2.48. The number of esters is 1. The minimum atomic E-state index is -2.04. The van der Waals surface area contributed by atoms with Gasteiger partial charge in [0.1, 0.15) is 12.2 Å². The topological polar surface area (TPSA) is 99.3 Å². The Kier molecular flexibility index (Phi) is 22.0. The van der Waals surface area contributed by atoms with Gasteiger partial charge in [-0.15, -0.1) is 0 Å². The molecule has 10 unspecified atom stereocenters. The Balaban J connectivity index is 1.63. The third-order valence-corrected chi connectivity index (χ3v) is 31.4. The molecule has 0 saturated carbocycles. The van der Waals surface area contributed by atoms with Crippen LogP contribution in [0.25, 0.3) is 0 Å². The Hall–Kier alpha value is -1.59. The Morgan fingerprint density at radius 1 is 0.864 bits per heavy atom. The van der Waals surface area contributed by atoms with E-state index in [2.05, 4.69) is 146 Å². The number of hydrogen-bond acceptors (Lipinski definition) is 9. The van der Waals surface area contributed by atoms with Crippen molar-refractivity contribution < 1.29 is 37.1 Å². The number of likely N-dealkylation sites (tertiary alicyclic amines) is 2. The molecule has 0 aromatic heterocycles. The van der Waals surface area contributed by atoms with Gasteiger partial charge in [-0.3, -0.25) is 9.69 Å². The molecule has 4 heterocycles. The van der Waals surface area contributed by atoms with Crippen LogP contribution in [0.5, 0.6) is 0 Å². The zero-order chi connectivity index (χ0) is 49.0. The van der Waals surface area contributed by atoms with Crippen molar-refractivity contribution in [2.75, 3.05) is 20.1 Å². The largest absolute Gasteiger partial charge is 0.457 e. The van der Waals surface area contributed by atoms with Gasteiger partial charge in [-0.25, -0.2) is 4.79 Å². The van der Waals surface area contributed by atoms with Gasteiger partial charge in [-0.2, -0.15) is 0 Å². The van der Waals surface area contributed by atoms with E-state index in [0.717, 1.165) is 92.2 Å². The summed E-state index contributed by atoms with van der Waals surface area (Å²) in [5.41, 5.74) is 0.413. The van der Waals surface area contributed by atoms with Gasteiger partial charge >= 0.3 is 12.1 Å². The summed E-state index contributed by atoms with van der Waals surface area (Å²) < 4.78 is 41.0. The first-order valence-electron chi connectivity index (χ1n) is 26.9. The maximum atomic E-state index is 14.1. The van der Waals surface area contributed by atoms with Crippen LogP contribution in [0.2, 0.25) is 54.4 Å². The van der Waals surface area contributed by atoms with Crippen molar-refractivity contribution in [2.45, 2.75) is 251 Å². The summed E-state index contributed by atoms with van der Waals surface area (Å²) in [6, 6.07) is 10.2. The van der Waals surface area contributed by atoms with Crippen molar-refractivity contribution in [1.29, 1.82) is 0 Å². The second-order valence-corrected chi connectivity index (χ2v) is 35.5. The molecule has 1 amide bonds. The van der Waals surface area contributed by atoms with Gasteiger partial charge in [0.25, 0.3) is 0 Å². The van der Waals surface area contributed by atoms with Crippen molar-refractivity contribution >= 4 is 37.0 Å². The molecule has 4 aliphatic heterocycles. The highest BCUT2D eigenvalue weighted by atomic mass is 28.4. The van der Waals surface area contributed by atoms with Crippen LogP contribution in [0.4, 0.5) is 4.79 Å². The van der Waals surface area contributed by atoms with Crippen LogP contribution < -0.4 is 0 Å². The van der Waals surface area contributed by atoms with Crippen molar-refractivity contribution in [1.82, 2.24) is 9.80 Å². The zero-order valence-electron chi connectivity index (χ0n) is 44.9. The number of hydrogen-bond donors (Lipinski definition) is 0. The number of piperazine rings is 1. The fraction of sp³-hybridized carbons (Fsp3) is 0.849. The second-order valence-electron chi connectivity index (χ2n) is 21.3. The SMILES string of the molecule is CCC(O[Si](CC)(CC)CC)C(C)C1OC1CC(C)(/C=C/C=C(\C)C1OC(=O)CC(O[Si](CC)(CC)CC)CCC(C)C(OC(=O)N2C[C@@H]3C[C@H]2CN3C)/C=C\C1C)O[Si](CC)(CC)CC. The predicted molar refractivity (Wildman–Crippen MR) is 279 cm³/mol. The molecule has 13 heteroatoms. The summed E-state index contributed by atoms with van der Waals surface area (Å²) in [6.45, 7) is 35.3. The highest BCUT2D eigenvalue weighted by Crippen LogP contribution is 2.43. The summed E-state index contributed by atoms with van der Waals surface area (Å²) in [4.78, 5) is 32.2. The van der Waals surface area contributed by atoms with Crippen LogP contribution in [0, 0.1) is 17.8 Å². The van der Waals surface area contributed by atoms with Gasteiger partial charge < -0.3 is 32.4 Å². The second kappa shape index (κ2) is 25.5. The average molecular weight is 976 g/mol. The maximum absolute atomic E-state index is 14.1. The van der Waals surface area contributed by atoms with Crippen molar-refractivity contribution in [2.24, 2.45) is 17.8 Å². The first kappa shape index (κ1) is 57.0. The van der Waals surface area contributed by atoms with E-state index < -0.39 is 42.8 Å². The van der Waals surface area contributed by atoms with Crippen molar-refractivity contribution in [3.8, 4) is 0 Å². The first-order chi connectivity index (χ1) is 31.3. The summed E-state index contributed by atoms with van der Waals surface area (Å²) in [6.07, 6.45) is 14.1. The van der Waals surface area contributed by atoms with E-state index in [1.165, 1.54) is 0 Å². The fourth-order valence-electron chi connectivity index (χ4n) is 11.5. The normalized spacial score (nSPS) is 30.7. The van der Waals surface area contributed by atoms with Gasteiger partial charge in [-0.05, 0) is 119 Å². The number of nitrogens with zero attached hydrogens (tertiary/aromatic N) is 2. The summed E-state index contributed by atoms with van der Waals surface area (Å²) in [5.74, 6) is -0.0541. The van der Waals surface area contributed by atoms with E-state index in [-0.39, 0.29) is 60.8 Å². The number of ether oxygens (including phenoxy) is 3. The first-order valence-corrected chi connectivity index (χ1v) is 34.5. The third-order valence-electron chi connectivity index (χ3n) is 17.3. The van der Waals surface area contributed by atoms with E-state index in [1.54, 1.807) is 0 Å². The summed E-state index contributed by atoms with van der Waals surface area (Å²) in [7, 11) is -3.68. The van der Waals surface area contributed by atoms with Crippen molar-refractivity contribution in [3.05, 3.63) is 36.0 Å². The molecular formula is C53H98N2O8Si3. The monoisotopic (exact) mass is 975 g/mol. The molecule has 0 spiro atoms. The molecule has 0 N–H and O–H groups in total. The number of allylic oxidation sites excluding steroid dienone is 2. The summed E-state index contributed by atoms with van der Waals surface area (Å²) >= 11 is 0. The smallest absolute Gasteiger partial charge is 0.410 e. The van der Waals surface area contributed by atoms with Crippen LogP contribution in [0.15, 0.2) is 36.0 Å². The Morgan fingerprint density at radius 3 is 2.00 bits per heavy atom. The Morgan fingerprint density at radius 2 is 1.47 bits per heavy atom. The van der Waals surface area contributed by atoms with Crippen molar-refractivity contribution in [3.63, 3.8) is 0 Å². The quantitative estimate of drug-likeness (QED) is 0.0308. The Bertz CT molecular complexity index is 1590. The van der Waals surface area contributed by atoms with E-state index in [4.69, 9.17) is 27.5 Å². The molecular weight excluding hydrogens is 877 g/mol. The van der Waals surface area contributed by atoms with E-state index in [9.17, 15) is 9.59 Å². The average Bonchev–Trinajstić information content (AvgIpc) is 3.79. The number of cyclic esters (lactones) is 1. The summed E-state index contributed by atoms with van der Waals surface area (Å²) in [5, 5.41) is 0. The number of carbonyl (C=O) groups excluding carboxylic acids is 2. The molecule has 12 atom stereocenters. The minimum absolute atomic E-state index is 0.0425. The van der Waals surface area contributed by atoms with E-state index in [0.29, 0.717) is 24.9 Å². The molecule has 4 rings (SSSR count). The third kappa shape index (κ3) is 14.5. The molecule has 0 radical (unpaired) electrons. The van der Waals surface area contributed by atoms with Gasteiger partial charge in [0.05, 0.1) is 30.3 Å². The van der Waals surface area contributed by atoms with E-state index in [1.807, 2.05) is 4.90 Å². The number of amides is 1. The highest BCUT2D eigenvalue weighted by Gasteiger charge is 2.51. The predicted octanol–water partition coefficient (Wildman–Crippen LogP) is 13.1. The molecule has 380 valence electrons. The molecule has 0 aromatic rings. The molecule has 66 heavy (non-hydrogen) atoms. The van der Waals surface area contributed by atoms with Crippen LogP contribution in [-0.2, 0) is 32.3 Å². The number of epoxide rings is 1. The molecule has 4 aliphatic rings. The lowest BCUT2D eigenvalue weighted by atomic mass is 9.91. The number of carbonyl (C=O) groups is 2. The highest BCUT2D eigenvalue weighted by molar-refractivity contribution is 6.74. The molecule has 0 aromatic carbocycles. The van der Waals surface area contributed by atoms with Gasteiger partial charge in [0.2, 0.25) is 0 Å². The number of likely N-dealkylation sites (N-methyl/N-ethyl adjacent to an activating group) is 1. The maximum Gasteiger partial charge on any atom is 0.410 e. The Labute approximate surface area is 407 Å². The lowest BCUT2D eigenvalue weighted by molar-refractivity contribution is -0.150. The van der Waals surface area contributed by atoms with Gasteiger partial charge in [0, 0.05) is 49.5 Å². The number of fused-ring (bicyclic) bond motifs is 2. The standard InChI is InChI=1S/C53H98N2O8Si3/c1-17-46(62-65(21-5,22-6)23-7)42(14)51-48(58-51)36-53(15,63-66(24-8,25-9)26-10)33-27-28-40(12)50-41(13)30-32-47(59-52(57)55-38-43-34-44(55)37-54(43)16)39(11)29-31-45(35-49(56)60-50)61-64(18-2,19-3)20-4/h27-28,30,32-33,39,41-48,50-51H,17-26,29,31,34-38H2,1-16H3/b32-30-,33-27+,40-28+/t39?,41?,42?,43-,44-,45?,46?,47?,48?,50?,51?,53?/m0/s1. The molecule has 0 aliphatic carbocycles. The minimum Gasteiger partial charge on any atom is -0.457 e. The molecule has 3 saturated heterocycles. The molecule has 2 bridgehead atoms. The fourth-order valence-corrected chi connectivity index (χ4v) is 20.6. The van der Waals surface area contributed by atoms with Gasteiger partial charge in [0.15, 0.2) is 25.0 Å². The molecule has 10 nitrogen and oxygen atoms in total. The zero-order valence-corrected chi connectivity index (χ0v) is 47.9. The lowest BCUT2D eigenvalue weighted by Gasteiger charge is -2.39. The van der Waals surface area contributed by atoms with Gasteiger partial charge in [-0.1, -0.05) is 114 Å². The van der Waals surface area contributed by atoms with E-state index >= 15 is 0 Å². The molecule has 3 fully saturated rings. The van der Waals surface area contributed by atoms with Crippen LogP contribution >= 0.6 is 0 Å². The number of rotatable bonds is 24. The van der Waals surface area contributed by atoms with Crippen LogP contribution in [0.3, 0.4) is 0 Å². The van der Waals surface area contributed by atoms with Crippen LogP contribution in [-0.4, -0.2) is 121 Å².